The fraction of sp³-hybridized carbons (Fsp3) is 0.200. The lowest BCUT2D eigenvalue weighted by molar-refractivity contribution is -0.114. The number of carbonyl (C=O) groups is 1. The summed E-state index contributed by atoms with van der Waals surface area (Å²) in [5.41, 5.74) is 1.19. The van der Waals surface area contributed by atoms with E-state index >= 15 is 8.78 Å². The Labute approximate surface area is 264 Å². The number of anilines is 2. The first kappa shape index (κ1) is 32.0. The number of halogens is 2. The zero-order valence-electron chi connectivity index (χ0n) is 25.9. The number of ether oxygens (including phenoxy) is 2. The van der Waals surface area contributed by atoms with Crippen molar-refractivity contribution in [2.24, 2.45) is 0 Å². The second kappa shape index (κ2) is 14.1. The standard InChI is InChI=1S/C35H33F2N5O4/c1-41(2)13-7-11-26(43)15-22-8-5-9-23(14-22)21-42-28-17-31(40-25-10-6-12-38-20-25)39-19-24(28)16-27(35(42)44)32-33(36)29(45-3)18-30(46-4)34(32)37/h5-12,14,16-20H,13,15,21H2,1-4H3,(H,39,40)/b11-7+. The summed E-state index contributed by atoms with van der Waals surface area (Å²) in [6, 6.07) is 15.1. The number of fused-ring (bicyclic) bond motifs is 1. The maximum absolute atomic E-state index is 15.6. The van der Waals surface area contributed by atoms with Crippen LogP contribution in [0.2, 0.25) is 0 Å². The Bertz CT molecular complexity index is 1950. The highest BCUT2D eigenvalue weighted by Crippen LogP contribution is 2.37. The highest BCUT2D eigenvalue weighted by atomic mass is 19.1. The first-order valence-electron chi connectivity index (χ1n) is 14.4. The number of aromatic nitrogens is 3. The second-order valence-corrected chi connectivity index (χ2v) is 10.9. The summed E-state index contributed by atoms with van der Waals surface area (Å²) in [5, 5.41) is 3.63. The molecule has 5 rings (SSSR count). The summed E-state index contributed by atoms with van der Waals surface area (Å²) < 4.78 is 43.0. The van der Waals surface area contributed by atoms with E-state index in [9.17, 15) is 9.59 Å². The molecule has 11 heteroatoms. The molecule has 5 aromatic rings. The molecule has 0 atom stereocenters. The molecule has 0 saturated heterocycles. The Morgan fingerprint density at radius 1 is 0.978 bits per heavy atom. The number of pyridine rings is 3. The van der Waals surface area contributed by atoms with Crippen molar-refractivity contribution in [1.29, 1.82) is 0 Å². The third-order valence-corrected chi connectivity index (χ3v) is 7.24. The van der Waals surface area contributed by atoms with Gasteiger partial charge in [0.25, 0.3) is 5.56 Å². The van der Waals surface area contributed by atoms with Crippen molar-refractivity contribution >= 4 is 28.2 Å². The van der Waals surface area contributed by atoms with E-state index in [4.69, 9.17) is 9.47 Å². The number of rotatable bonds is 12. The van der Waals surface area contributed by atoms with Crippen LogP contribution in [0, 0.1) is 11.6 Å². The van der Waals surface area contributed by atoms with Gasteiger partial charge in [0.05, 0.1) is 49.3 Å². The first-order valence-corrected chi connectivity index (χ1v) is 14.4. The zero-order chi connectivity index (χ0) is 32.8. The highest BCUT2D eigenvalue weighted by Gasteiger charge is 2.25. The summed E-state index contributed by atoms with van der Waals surface area (Å²) in [6.45, 7) is 0.688. The molecule has 46 heavy (non-hydrogen) atoms. The topological polar surface area (TPSA) is 98.6 Å². The summed E-state index contributed by atoms with van der Waals surface area (Å²) in [7, 11) is 6.32. The molecular weight excluding hydrogens is 592 g/mol. The van der Waals surface area contributed by atoms with Crippen molar-refractivity contribution in [1.82, 2.24) is 19.4 Å². The van der Waals surface area contributed by atoms with Gasteiger partial charge in [0.15, 0.2) is 28.9 Å². The van der Waals surface area contributed by atoms with Gasteiger partial charge >= 0.3 is 0 Å². The van der Waals surface area contributed by atoms with Crippen LogP contribution >= 0.6 is 0 Å². The van der Waals surface area contributed by atoms with Gasteiger partial charge in [-0.1, -0.05) is 30.3 Å². The maximum atomic E-state index is 15.6. The van der Waals surface area contributed by atoms with E-state index in [2.05, 4.69) is 15.3 Å². The first-order chi connectivity index (χ1) is 22.2. The van der Waals surface area contributed by atoms with Gasteiger partial charge in [-0.15, -0.1) is 0 Å². The number of hydrogen-bond donors (Lipinski definition) is 1. The van der Waals surface area contributed by atoms with Crippen molar-refractivity contribution in [3.8, 4) is 22.6 Å². The molecule has 0 aliphatic carbocycles. The molecule has 9 nitrogen and oxygen atoms in total. The van der Waals surface area contributed by atoms with Crippen molar-refractivity contribution < 1.29 is 23.0 Å². The van der Waals surface area contributed by atoms with E-state index in [0.29, 0.717) is 34.5 Å². The number of nitrogens with zero attached hydrogens (tertiary/aromatic N) is 4. The number of hydrogen-bond acceptors (Lipinski definition) is 8. The van der Waals surface area contributed by atoms with E-state index in [0.717, 1.165) is 11.6 Å². The summed E-state index contributed by atoms with van der Waals surface area (Å²) in [5.74, 6) is -2.23. The molecule has 236 valence electrons. The summed E-state index contributed by atoms with van der Waals surface area (Å²) in [6.07, 6.45) is 8.34. The number of likely N-dealkylation sites (N-methyl/N-ethyl adjacent to an activating group) is 1. The smallest absolute Gasteiger partial charge is 0.259 e. The molecule has 2 aromatic carbocycles. The SMILES string of the molecule is COc1cc(OC)c(F)c(-c2cc3cnc(Nc4cccnc4)cc3n(Cc3cccc(CC(=O)/C=C/CN(C)C)c3)c2=O)c1F. The lowest BCUT2D eigenvalue weighted by Gasteiger charge is -2.17. The number of nitrogens with one attached hydrogen (secondary N) is 1. The molecule has 0 amide bonds. The molecular formula is C35H33F2N5O4. The van der Waals surface area contributed by atoms with E-state index < -0.39 is 22.8 Å². The van der Waals surface area contributed by atoms with Gasteiger partial charge in [-0.05, 0) is 49.5 Å². The predicted molar refractivity (Wildman–Crippen MR) is 174 cm³/mol. The monoisotopic (exact) mass is 625 g/mol. The third-order valence-electron chi connectivity index (χ3n) is 7.24. The molecule has 0 fully saturated rings. The fourth-order valence-corrected chi connectivity index (χ4v) is 5.06. The van der Waals surface area contributed by atoms with Crippen LogP contribution in [0.3, 0.4) is 0 Å². The molecule has 0 bridgehead atoms. The quantitative estimate of drug-likeness (QED) is 0.175. The number of methoxy groups -OCH3 is 2. The van der Waals surface area contributed by atoms with Gasteiger partial charge in [0.1, 0.15) is 5.82 Å². The average molecular weight is 626 g/mol. The van der Waals surface area contributed by atoms with Crippen LogP contribution in [-0.2, 0) is 17.8 Å². The minimum Gasteiger partial charge on any atom is -0.494 e. The molecule has 0 saturated carbocycles. The zero-order valence-corrected chi connectivity index (χ0v) is 25.9. The van der Waals surface area contributed by atoms with Crippen LogP contribution in [0.15, 0.2) is 90.1 Å². The maximum Gasteiger partial charge on any atom is 0.259 e. The van der Waals surface area contributed by atoms with Crippen molar-refractivity contribution in [3.63, 3.8) is 0 Å². The minimum absolute atomic E-state index is 0.0440. The van der Waals surface area contributed by atoms with Gasteiger partial charge in [-0.25, -0.2) is 13.8 Å². The molecule has 0 spiro atoms. The van der Waals surface area contributed by atoms with E-state index in [1.165, 1.54) is 31.0 Å². The molecule has 0 aliphatic rings. The van der Waals surface area contributed by atoms with Crippen LogP contribution in [-0.4, -0.2) is 60.1 Å². The van der Waals surface area contributed by atoms with Gasteiger partial charge in [0.2, 0.25) is 0 Å². The van der Waals surface area contributed by atoms with Crippen LogP contribution in [0.25, 0.3) is 22.0 Å². The lowest BCUT2D eigenvalue weighted by Crippen LogP contribution is -2.24. The Kier molecular flexibility index (Phi) is 9.82. The highest BCUT2D eigenvalue weighted by molar-refractivity contribution is 5.91. The number of benzene rings is 2. The van der Waals surface area contributed by atoms with Gasteiger partial charge in [-0.2, -0.15) is 0 Å². The van der Waals surface area contributed by atoms with E-state index in [1.807, 2.05) is 49.3 Å². The van der Waals surface area contributed by atoms with E-state index in [-0.39, 0.29) is 35.8 Å². The Morgan fingerprint density at radius 3 is 2.39 bits per heavy atom. The summed E-state index contributed by atoms with van der Waals surface area (Å²) >= 11 is 0. The Hall–Kier alpha value is -5.42. The second-order valence-electron chi connectivity index (χ2n) is 10.9. The van der Waals surface area contributed by atoms with Crippen LogP contribution in [0.1, 0.15) is 11.1 Å². The van der Waals surface area contributed by atoms with Crippen LogP contribution in [0.4, 0.5) is 20.3 Å². The molecule has 0 unspecified atom stereocenters. The molecule has 1 N–H and O–H groups in total. The molecule has 3 aromatic heterocycles. The van der Waals surface area contributed by atoms with Gasteiger partial charge < -0.3 is 24.3 Å². The van der Waals surface area contributed by atoms with Crippen molar-refractivity contribution in [2.75, 3.05) is 40.2 Å². The summed E-state index contributed by atoms with van der Waals surface area (Å²) in [4.78, 5) is 37.3. The molecule has 0 radical (unpaired) electrons. The minimum atomic E-state index is -1.03. The predicted octanol–water partition coefficient (Wildman–Crippen LogP) is 5.78. The molecule has 0 aliphatic heterocycles. The van der Waals surface area contributed by atoms with Gasteiger partial charge in [-0.3, -0.25) is 14.6 Å². The number of allylic oxidation sites excluding steroid dienone is 1. The van der Waals surface area contributed by atoms with Crippen molar-refractivity contribution in [3.05, 3.63) is 118 Å². The van der Waals surface area contributed by atoms with Crippen molar-refractivity contribution in [2.45, 2.75) is 13.0 Å². The third kappa shape index (κ3) is 7.10. The molecule has 3 heterocycles. The Balaban J connectivity index is 1.63. The fourth-order valence-electron chi connectivity index (χ4n) is 5.06. The lowest BCUT2D eigenvalue weighted by atomic mass is 10.0. The normalized spacial score (nSPS) is 11.4. The Morgan fingerprint density at radius 2 is 1.72 bits per heavy atom. The number of ketones is 1. The van der Waals surface area contributed by atoms with E-state index in [1.54, 1.807) is 36.7 Å². The largest absolute Gasteiger partial charge is 0.494 e. The number of carbonyl (C=O) groups excluding carboxylic acids is 1. The average Bonchev–Trinajstić information content (AvgIpc) is 3.04. The van der Waals surface area contributed by atoms with Gasteiger partial charge in [0, 0.05) is 42.9 Å². The van der Waals surface area contributed by atoms with Crippen LogP contribution in [0.5, 0.6) is 11.5 Å². The van der Waals surface area contributed by atoms with Crippen LogP contribution < -0.4 is 20.3 Å².